The van der Waals surface area contributed by atoms with Crippen molar-refractivity contribution in [2.24, 2.45) is 15.4 Å². The fraction of sp³-hybridized carbons (Fsp3) is 0.231. The van der Waals surface area contributed by atoms with E-state index < -0.39 is 10.8 Å². The van der Waals surface area contributed by atoms with E-state index in [1.54, 1.807) is 0 Å². The summed E-state index contributed by atoms with van der Waals surface area (Å²) >= 11 is 0. The molecule has 0 radical (unpaired) electrons. The number of para-hydroxylation sites is 2. The molecule has 6 aromatic rings. The Bertz CT molecular complexity index is 2780. The van der Waals surface area contributed by atoms with Gasteiger partial charge in [-0.05, 0) is 129 Å². The van der Waals surface area contributed by atoms with Gasteiger partial charge in [-0.15, -0.1) is 0 Å². The van der Waals surface area contributed by atoms with E-state index in [2.05, 4.69) is 177 Å². The summed E-state index contributed by atoms with van der Waals surface area (Å²) in [5, 5.41) is 0. The normalized spacial score (nSPS) is 22.8. The van der Waals surface area contributed by atoms with E-state index in [1.807, 2.05) is 25.5 Å². The van der Waals surface area contributed by atoms with Crippen LogP contribution in [-0.2, 0) is 5.41 Å². The molecule has 0 bridgehead atoms. The number of benzene rings is 5. The number of anilines is 6. The van der Waals surface area contributed by atoms with Crippen molar-refractivity contribution in [2.75, 3.05) is 19.6 Å². The Morgan fingerprint density at radius 2 is 1.32 bits per heavy atom. The monoisotopic (exact) mass is 786 g/mol. The van der Waals surface area contributed by atoms with Crippen LogP contribution in [0.3, 0.4) is 0 Å². The van der Waals surface area contributed by atoms with Crippen molar-refractivity contribution in [3.8, 4) is 11.1 Å². The Hall–Kier alpha value is -6.80. The lowest BCUT2D eigenvalue weighted by molar-refractivity contribution is 0.0769. The average Bonchev–Trinajstić information content (AvgIpc) is 3.76. The van der Waals surface area contributed by atoms with Crippen molar-refractivity contribution in [1.29, 1.82) is 0 Å². The second-order valence-corrected chi connectivity index (χ2v) is 17.2. The first-order valence-corrected chi connectivity index (χ1v) is 20.8. The van der Waals surface area contributed by atoms with Gasteiger partial charge in [-0.3, -0.25) is 0 Å². The summed E-state index contributed by atoms with van der Waals surface area (Å²) in [4.78, 5) is 30.3. The second kappa shape index (κ2) is 13.6. The molecule has 4 unspecified atom stereocenters. The van der Waals surface area contributed by atoms with Crippen molar-refractivity contribution in [1.82, 2.24) is 9.97 Å². The zero-order valence-corrected chi connectivity index (χ0v) is 35.5. The number of allylic oxidation sites excluding steroid dienone is 1. The highest BCUT2D eigenvalue weighted by molar-refractivity contribution is 5.91. The van der Waals surface area contributed by atoms with Crippen molar-refractivity contribution in [3.63, 3.8) is 0 Å². The highest BCUT2D eigenvalue weighted by atomic mass is 15.5. The summed E-state index contributed by atoms with van der Waals surface area (Å²) in [6, 6.07) is 39.8. The van der Waals surface area contributed by atoms with Gasteiger partial charge in [0.1, 0.15) is 12.3 Å². The second-order valence-electron chi connectivity index (χ2n) is 17.2. The first kappa shape index (κ1) is 37.5. The van der Waals surface area contributed by atoms with E-state index in [0.29, 0.717) is 12.2 Å². The summed E-state index contributed by atoms with van der Waals surface area (Å²) in [5.41, 5.74) is 13.6. The van der Waals surface area contributed by atoms with Crippen LogP contribution in [0.4, 0.5) is 34.4 Å². The number of hydrogen-bond acceptors (Lipinski definition) is 8. The van der Waals surface area contributed by atoms with Gasteiger partial charge < -0.3 is 19.6 Å². The van der Waals surface area contributed by atoms with Gasteiger partial charge in [0.2, 0.25) is 0 Å². The van der Waals surface area contributed by atoms with Crippen LogP contribution in [-0.4, -0.2) is 35.2 Å². The van der Waals surface area contributed by atoms with Gasteiger partial charge in [0, 0.05) is 46.6 Å². The molecule has 0 amide bonds. The number of aromatic nitrogens is 2. The topological polar surface area (TPSA) is 63.5 Å². The van der Waals surface area contributed by atoms with Crippen molar-refractivity contribution >= 4 is 52.9 Å². The first-order valence-electron chi connectivity index (χ1n) is 20.8. The summed E-state index contributed by atoms with van der Waals surface area (Å²) in [6.45, 7) is 24.8. The summed E-state index contributed by atoms with van der Waals surface area (Å²) in [6.07, 6.45) is 5.47. The fourth-order valence-electron chi connectivity index (χ4n) is 11.1. The Morgan fingerprint density at radius 3 is 2.00 bits per heavy atom. The van der Waals surface area contributed by atoms with Gasteiger partial charge in [0.25, 0.3) is 0 Å². The third kappa shape index (κ3) is 5.09. The standard InChI is InChI=1S/C52H50N8/c1-10-54-46-45(53-9)59-42-22-15-14-21-40(42)36(6)31-51(7)41-24-23-37(44-34(4)17-16-18-35(44)5)30-43(41)60-48-47(55-25-26-56-48)58(39-28-32(2)27-33(3)29-39)50(60)52(51,8)49(59)57(46)38-19-12-11-13-20-38/h10-30,49-50H,6,9,31H2,1-5,7-8H3. The molecular weight excluding hydrogens is 737 g/mol. The van der Waals surface area contributed by atoms with Crippen LogP contribution in [0.15, 0.2) is 150 Å². The molecule has 298 valence electrons. The molecule has 0 saturated heterocycles. The molecule has 10 rings (SSSR count). The predicted octanol–water partition coefficient (Wildman–Crippen LogP) is 12.0. The van der Waals surface area contributed by atoms with Gasteiger partial charge in [-0.2, -0.15) is 0 Å². The van der Waals surface area contributed by atoms with Crippen LogP contribution in [0.1, 0.15) is 60.6 Å². The molecule has 5 aromatic carbocycles. The van der Waals surface area contributed by atoms with Crippen molar-refractivity contribution < 1.29 is 0 Å². The Kier molecular flexibility index (Phi) is 8.51. The first-order chi connectivity index (χ1) is 29.0. The Morgan fingerprint density at radius 1 is 0.667 bits per heavy atom. The third-order valence-electron chi connectivity index (χ3n) is 13.7. The molecule has 0 N–H and O–H groups in total. The fourth-order valence-corrected chi connectivity index (χ4v) is 11.1. The largest absolute Gasteiger partial charge is 0.301 e. The zero-order chi connectivity index (χ0) is 41.7. The lowest BCUT2D eigenvalue weighted by atomic mass is 9.52. The van der Waals surface area contributed by atoms with E-state index in [9.17, 15) is 0 Å². The van der Waals surface area contributed by atoms with Crippen LogP contribution in [0.2, 0.25) is 0 Å². The van der Waals surface area contributed by atoms with Crippen molar-refractivity contribution in [2.45, 2.75) is 72.6 Å². The summed E-state index contributed by atoms with van der Waals surface area (Å²) in [5.74, 6) is 3.08. The molecule has 0 aliphatic carbocycles. The summed E-state index contributed by atoms with van der Waals surface area (Å²) < 4.78 is 0. The molecule has 8 heteroatoms. The van der Waals surface area contributed by atoms with Gasteiger partial charge in [-0.25, -0.2) is 20.0 Å². The summed E-state index contributed by atoms with van der Waals surface area (Å²) in [7, 11) is 0. The molecule has 4 aliphatic heterocycles. The molecule has 5 heterocycles. The molecule has 0 saturated carbocycles. The number of hydrogen-bond donors (Lipinski definition) is 0. The smallest absolute Gasteiger partial charge is 0.178 e. The van der Waals surface area contributed by atoms with Crippen LogP contribution in [0, 0.1) is 33.1 Å². The highest BCUT2D eigenvalue weighted by Gasteiger charge is 2.70. The number of nitrogens with zero attached hydrogens (tertiary/aromatic N) is 8. The van der Waals surface area contributed by atoms with E-state index in [1.165, 1.54) is 38.9 Å². The Labute approximate surface area is 353 Å². The van der Waals surface area contributed by atoms with E-state index in [4.69, 9.17) is 26.5 Å². The molecule has 4 aliphatic rings. The number of aryl methyl sites for hydroxylation is 4. The average molecular weight is 787 g/mol. The molecular formula is C52H50N8. The number of aliphatic imine (C=N–C) groups is 2. The van der Waals surface area contributed by atoms with Crippen LogP contribution in [0.25, 0.3) is 16.7 Å². The van der Waals surface area contributed by atoms with Crippen LogP contribution < -0.4 is 19.6 Å². The number of fused-ring (bicyclic) bond motifs is 12. The SMILES string of the molecule is C=NC1=C(N=CC)N(c2ccccc2)C2N1c1ccccc1C(=C)CC1(C)c3ccc(-c4c(C)cccc4C)cc3N3c4nccnc4N(c4cc(C)cc(C)c4)C3C21C. The lowest BCUT2D eigenvalue weighted by Gasteiger charge is -2.64. The zero-order valence-electron chi connectivity index (χ0n) is 35.5. The molecule has 4 atom stereocenters. The third-order valence-corrected chi connectivity index (χ3v) is 13.7. The molecule has 60 heavy (non-hydrogen) atoms. The number of rotatable bonds is 5. The molecule has 1 aromatic heterocycles. The van der Waals surface area contributed by atoms with Crippen LogP contribution >= 0.6 is 0 Å². The molecule has 8 nitrogen and oxygen atoms in total. The molecule has 0 fully saturated rings. The molecule has 0 spiro atoms. The maximum Gasteiger partial charge on any atom is 0.178 e. The van der Waals surface area contributed by atoms with Crippen molar-refractivity contribution in [3.05, 3.63) is 173 Å². The van der Waals surface area contributed by atoms with E-state index >= 15 is 0 Å². The highest BCUT2D eigenvalue weighted by Crippen LogP contribution is 2.68. The van der Waals surface area contributed by atoms with Gasteiger partial charge >= 0.3 is 0 Å². The minimum atomic E-state index is -0.715. The van der Waals surface area contributed by atoms with Gasteiger partial charge in [-0.1, -0.05) is 93.2 Å². The van der Waals surface area contributed by atoms with E-state index in [-0.39, 0.29) is 12.3 Å². The minimum Gasteiger partial charge on any atom is -0.301 e. The van der Waals surface area contributed by atoms with E-state index in [0.717, 1.165) is 51.3 Å². The van der Waals surface area contributed by atoms with Crippen LogP contribution in [0.5, 0.6) is 0 Å². The minimum absolute atomic E-state index is 0.352. The predicted molar refractivity (Wildman–Crippen MR) is 249 cm³/mol. The van der Waals surface area contributed by atoms with Gasteiger partial charge in [0.05, 0.1) is 11.1 Å². The Balaban J connectivity index is 1.38. The quantitative estimate of drug-likeness (QED) is 0.162. The van der Waals surface area contributed by atoms with Gasteiger partial charge in [0.15, 0.2) is 23.3 Å². The maximum atomic E-state index is 5.24. The lowest BCUT2D eigenvalue weighted by Crippen LogP contribution is -2.72. The maximum absolute atomic E-state index is 5.24.